The summed E-state index contributed by atoms with van der Waals surface area (Å²) in [5.74, 6) is -0.129. The van der Waals surface area contributed by atoms with E-state index in [4.69, 9.17) is 16.6 Å². The minimum Gasteiger partial charge on any atom is -0.350 e. The Hall–Kier alpha value is -2.92. The summed E-state index contributed by atoms with van der Waals surface area (Å²) in [6, 6.07) is 7.68. The molecular weight excluding hydrogens is 546 g/mol. The van der Waals surface area contributed by atoms with Gasteiger partial charge < -0.3 is 4.90 Å². The Morgan fingerprint density at radius 1 is 1.08 bits per heavy atom. The molecule has 1 fully saturated rings. The zero-order valence-electron chi connectivity index (χ0n) is 20.8. The second-order valence-corrected chi connectivity index (χ2v) is 11.6. The highest BCUT2D eigenvalue weighted by Crippen LogP contribution is 2.34. The van der Waals surface area contributed by atoms with Crippen LogP contribution in [0.25, 0.3) is 21.9 Å². The second-order valence-electron chi connectivity index (χ2n) is 8.33. The number of benzene rings is 1. The minimum atomic E-state index is -0.129. The van der Waals surface area contributed by atoms with E-state index in [0.717, 1.165) is 22.1 Å². The number of hydrogen-bond donors (Lipinski definition) is 0. The fourth-order valence-corrected chi connectivity index (χ4v) is 7.70. The number of nitrogens with zero attached hydrogens (tertiary/aromatic N) is 5. The molecule has 0 bridgehead atoms. The molecule has 7 nitrogen and oxygen atoms in total. The summed E-state index contributed by atoms with van der Waals surface area (Å²) in [5, 5.41) is 4.12. The van der Waals surface area contributed by atoms with Crippen LogP contribution in [0.15, 0.2) is 63.9 Å². The van der Waals surface area contributed by atoms with Crippen LogP contribution >= 0.6 is 46.0 Å². The molecule has 0 spiro atoms. The predicted molar refractivity (Wildman–Crippen MR) is 154 cm³/mol. The Bertz CT molecular complexity index is 1660. The maximum atomic E-state index is 13.5. The van der Waals surface area contributed by atoms with Crippen molar-refractivity contribution in [2.24, 2.45) is 12.0 Å². The van der Waals surface area contributed by atoms with E-state index in [-0.39, 0.29) is 11.5 Å². The third-order valence-corrected chi connectivity index (χ3v) is 9.69. The Balaban J connectivity index is 1.62. The van der Waals surface area contributed by atoms with Gasteiger partial charge in [-0.3, -0.25) is 19.1 Å². The van der Waals surface area contributed by atoms with Gasteiger partial charge in [0.05, 0.1) is 12.7 Å². The number of amidine groups is 1. The molecule has 2 aliphatic heterocycles. The zero-order valence-corrected chi connectivity index (χ0v) is 24.0. The van der Waals surface area contributed by atoms with E-state index in [1.54, 1.807) is 9.47 Å². The van der Waals surface area contributed by atoms with Gasteiger partial charge in [0.2, 0.25) is 0 Å². The molecule has 37 heavy (non-hydrogen) atoms. The van der Waals surface area contributed by atoms with Gasteiger partial charge in [0.1, 0.15) is 19.8 Å². The topological polar surface area (TPSA) is 61.8 Å². The largest absolute Gasteiger partial charge is 0.385 e. The highest BCUT2D eigenvalue weighted by Gasteiger charge is 2.38. The lowest BCUT2D eigenvalue weighted by Gasteiger charge is -2.16. The maximum absolute atomic E-state index is 13.5. The van der Waals surface area contributed by atoms with Crippen LogP contribution in [0, 0.1) is 0 Å². The first-order chi connectivity index (χ1) is 17.8. The van der Waals surface area contributed by atoms with Crippen molar-refractivity contribution in [2.45, 2.75) is 20.4 Å². The average molecular weight is 571 g/mol. The van der Waals surface area contributed by atoms with Crippen LogP contribution in [0.1, 0.15) is 13.8 Å². The number of thiazole rings is 2. The summed E-state index contributed by atoms with van der Waals surface area (Å²) in [7, 11) is 3.87. The fourth-order valence-electron chi connectivity index (χ4n) is 4.12. The quantitative estimate of drug-likeness (QED) is 0.449. The number of carbonyl (C=O) groups excluding carboxylic acids is 1. The van der Waals surface area contributed by atoms with Crippen LogP contribution in [0.4, 0.5) is 5.13 Å². The predicted octanol–water partition coefficient (Wildman–Crippen LogP) is 3.65. The number of hydrogen-bond acceptors (Lipinski definition) is 7. The molecule has 4 heterocycles. The number of carbonyl (C=O) groups is 1. The first-order valence-electron chi connectivity index (χ1n) is 11.7. The number of aliphatic imine (C=N–C) groups is 1. The van der Waals surface area contributed by atoms with Gasteiger partial charge in [0, 0.05) is 42.3 Å². The van der Waals surface area contributed by atoms with Crippen molar-refractivity contribution in [2.75, 3.05) is 13.6 Å². The summed E-state index contributed by atoms with van der Waals surface area (Å²) < 4.78 is 4.99. The molecule has 1 amide bonds. The Labute approximate surface area is 231 Å². The van der Waals surface area contributed by atoms with E-state index >= 15 is 0 Å². The summed E-state index contributed by atoms with van der Waals surface area (Å²) in [6.45, 7) is 4.81. The number of aromatic nitrogens is 2. The zero-order chi connectivity index (χ0) is 26.3. The highest BCUT2D eigenvalue weighted by atomic mass is 35.5. The molecule has 5 rings (SSSR count). The summed E-state index contributed by atoms with van der Waals surface area (Å²) in [4.78, 5) is 35.9. The lowest BCUT2D eigenvalue weighted by atomic mass is 10.2. The molecule has 190 valence electrons. The maximum Gasteiger partial charge on any atom is 0.385 e. The van der Waals surface area contributed by atoms with Crippen molar-refractivity contribution in [3.63, 3.8) is 0 Å². The van der Waals surface area contributed by atoms with Gasteiger partial charge in [-0.05, 0) is 67.0 Å². The van der Waals surface area contributed by atoms with E-state index < -0.39 is 0 Å². The summed E-state index contributed by atoms with van der Waals surface area (Å²) >= 11 is 10.3. The highest BCUT2D eigenvalue weighted by molar-refractivity contribution is 8.23. The molecule has 0 N–H and O–H groups in total. The van der Waals surface area contributed by atoms with Gasteiger partial charge in [-0.2, -0.15) is 0 Å². The molecule has 11 heteroatoms. The number of thioether (sulfide) groups is 1. The molecule has 1 aromatic carbocycles. The number of rotatable bonds is 4. The van der Waals surface area contributed by atoms with Crippen molar-refractivity contribution in [3.05, 3.63) is 78.6 Å². The SMILES string of the molecule is CCN1C(=O)C(=c2sc(=C3C=CC=CN3C)c(=O)n2CC)SC1=Nc1scc(-c2ccc(Cl)cc2)[n+]1C. The lowest BCUT2D eigenvalue weighted by Crippen LogP contribution is -2.35. The Morgan fingerprint density at radius 3 is 2.51 bits per heavy atom. The smallest absolute Gasteiger partial charge is 0.350 e. The molecular formula is C26H25ClN5O2S3+. The van der Waals surface area contributed by atoms with E-state index in [2.05, 4.69) is 0 Å². The average Bonchev–Trinajstić information content (AvgIpc) is 3.52. The van der Waals surface area contributed by atoms with E-state index in [1.165, 1.54) is 34.4 Å². The lowest BCUT2D eigenvalue weighted by molar-refractivity contribution is -0.642. The first-order valence-corrected chi connectivity index (χ1v) is 14.6. The number of halogens is 1. The van der Waals surface area contributed by atoms with Gasteiger partial charge in [-0.15, -0.1) is 11.3 Å². The van der Waals surface area contributed by atoms with Crippen molar-refractivity contribution in [1.29, 1.82) is 0 Å². The molecule has 2 aromatic heterocycles. The van der Waals surface area contributed by atoms with Gasteiger partial charge in [0.25, 0.3) is 16.6 Å². The molecule has 2 aliphatic rings. The summed E-state index contributed by atoms with van der Waals surface area (Å²) in [5.41, 5.74) is 2.79. The van der Waals surface area contributed by atoms with Crippen molar-refractivity contribution < 1.29 is 9.36 Å². The number of allylic oxidation sites excluding steroid dienone is 2. The molecule has 1 saturated heterocycles. The van der Waals surface area contributed by atoms with Crippen molar-refractivity contribution in [3.8, 4) is 11.3 Å². The monoisotopic (exact) mass is 570 g/mol. The van der Waals surface area contributed by atoms with Gasteiger partial charge in [-0.1, -0.05) is 29.0 Å². The molecule has 0 atom stereocenters. The number of amides is 1. The Morgan fingerprint density at radius 2 is 1.84 bits per heavy atom. The third kappa shape index (κ3) is 4.63. The van der Waals surface area contributed by atoms with E-state index in [1.807, 2.05) is 91.5 Å². The van der Waals surface area contributed by atoms with Crippen molar-refractivity contribution >= 4 is 72.8 Å². The minimum absolute atomic E-state index is 0.0871. The molecule has 3 aromatic rings. The first kappa shape index (κ1) is 25.7. The van der Waals surface area contributed by atoms with Gasteiger partial charge >= 0.3 is 5.13 Å². The molecule has 0 radical (unpaired) electrons. The standard InChI is InChI=1S/C26H25ClN5O2S3/c1-5-31-22(33)20(18-9-7-8-14-29(18)3)36-24(31)21-23(34)32(6-2)26(37-21)28-25-30(4)19(15-35-25)16-10-12-17(27)13-11-16/h7-15H,5-6H2,1-4H3/q+1. The van der Waals surface area contributed by atoms with Crippen LogP contribution in [0.3, 0.4) is 0 Å². The normalized spacial score (nSPS) is 19.6. The third-order valence-electron chi connectivity index (χ3n) is 6.12. The van der Waals surface area contributed by atoms with Gasteiger partial charge in [0.15, 0.2) is 0 Å². The molecule has 0 unspecified atom stereocenters. The van der Waals surface area contributed by atoms with Crippen LogP contribution in [0.2, 0.25) is 5.02 Å². The molecule has 0 aliphatic carbocycles. The van der Waals surface area contributed by atoms with Crippen LogP contribution in [-0.2, 0) is 18.4 Å². The van der Waals surface area contributed by atoms with Crippen LogP contribution < -0.4 is 19.3 Å². The van der Waals surface area contributed by atoms with Crippen molar-refractivity contribution in [1.82, 2.24) is 14.4 Å². The Kier molecular flexibility index (Phi) is 7.26. The number of likely N-dealkylation sites (N-methyl/N-ethyl adjacent to an activating group) is 1. The fraction of sp³-hybridized carbons (Fsp3) is 0.231. The van der Waals surface area contributed by atoms with E-state index in [9.17, 15) is 9.59 Å². The summed E-state index contributed by atoms with van der Waals surface area (Å²) in [6.07, 6.45) is 7.67. The molecule has 0 saturated carbocycles. The van der Waals surface area contributed by atoms with Gasteiger partial charge in [-0.25, -0.2) is 4.57 Å². The second kappa shape index (κ2) is 10.4. The van der Waals surface area contributed by atoms with E-state index in [0.29, 0.717) is 37.4 Å². The van der Waals surface area contributed by atoms with Crippen LogP contribution in [0.5, 0.6) is 0 Å². The van der Waals surface area contributed by atoms with Crippen LogP contribution in [-0.4, -0.2) is 39.0 Å².